The van der Waals surface area contributed by atoms with Crippen molar-refractivity contribution in [3.05, 3.63) is 93.7 Å². The number of anilines is 2. The van der Waals surface area contributed by atoms with Gasteiger partial charge in [-0.2, -0.15) is 0 Å². The number of benzene rings is 3. The Labute approximate surface area is 203 Å². The molecule has 4 aromatic rings. The average molecular weight is 472 g/mol. The molecule has 2 N–H and O–H groups in total. The number of nitrogens with one attached hydrogen (secondary N) is 2. The number of pyridine rings is 1. The molecule has 0 aliphatic carbocycles. The molecule has 1 aromatic heterocycles. The van der Waals surface area contributed by atoms with Gasteiger partial charge in [0.15, 0.2) is 0 Å². The second kappa shape index (κ2) is 9.35. The SMILES string of the molecule is Cc1ccc(NC(=O)[C@H]2CCCN(c3c(-c4ccccc4)c4cc(Cl)ccc4[nH]c3=O)C2)cc1. The van der Waals surface area contributed by atoms with Crippen molar-refractivity contribution >= 4 is 39.8 Å². The van der Waals surface area contributed by atoms with E-state index in [2.05, 4.69) is 15.2 Å². The number of nitrogens with zero attached hydrogens (tertiary/aromatic N) is 1. The maximum Gasteiger partial charge on any atom is 0.272 e. The van der Waals surface area contributed by atoms with Crippen LogP contribution in [0.2, 0.25) is 5.02 Å². The van der Waals surface area contributed by atoms with Crippen LogP contribution in [-0.4, -0.2) is 24.0 Å². The topological polar surface area (TPSA) is 65.2 Å². The molecule has 1 fully saturated rings. The molecule has 1 saturated heterocycles. The third-order valence-electron chi connectivity index (χ3n) is 6.44. The van der Waals surface area contributed by atoms with Crippen molar-refractivity contribution in [1.82, 2.24) is 4.98 Å². The number of carbonyl (C=O) groups is 1. The van der Waals surface area contributed by atoms with Crippen LogP contribution in [0.25, 0.3) is 22.0 Å². The quantitative estimate of drug-likeness (QED) is 0.383. The standard InChI is InChI=1S/C28H26ClN3O2/c1-18-9-12-22(13-10-18)30-27(33)20-8-5-15-32(17-20)26-25(19-6-3-2-4-7-19)23-16-21(29)11-14-24(23)31-28(26)34/h2-4,6-7,9-14,16,20H,5,8,15,17H2,1H3,(H,30,33)(H,31,34)/t20-/m0/s1. The molecule has 34 heavy (non-hydrogen) atoms. The molecule has 1 aliphatic heterocycles. The van der Waals surface area contributed by atoms with Crippen molar-refractivity contribution in [1.29, 1.82) is 0 Å². The van der Waals surface area contributed by atoms with Crippen molar-refractivity contribution in [2.75, 3.05) is 23.3 Å². The molecule has 5 nitrogen and oxygen atoms in total. The molecule has 5 rings (SSSR count). The van der Waals surface area contributed by atoms with E-state index in [0.29, 0.717) is 23.8 Å². The lowest BCUT2D eigenvalue weighted by Gasteiger charge is -2.34. The maximum atomic E-state index is 13.4. The summed E-state index contributed by atoms with van der Waals surface area (Å²) in [6.45, 7) is 3.21. The number of aromatic amines is 1. The first-order valence-electron chi connectivity index (χ1n) is 11.5. The van der Waals surface area contributed by atoms with Gasteiger partial charge >= 0.3 is 0 Å². The lowest BCUT2D eigenvalue weighted by molar-refractivity contribution is -0.120. The van der Waals surface area contributed by atoms with E-state index in [1.165, 1.54) is 0 Å². The molecule has 6 heteroatoms. The summed E-state index contributed by atoms with van der Waals surface area (Å²) in [6, 6.07) is 23.2. The summed E-state index contributed by atoms with van der Waals surface area (Å²) in [4.78, 5) is 31.6. The molecule has 1 aliphatic rings. The Morgan fingerprint density at radius 1 is 1.06 bits per heavy atom. The number of fused-ring (bicyclic) bond motifs is 1. The minimum atomic E-state index is -0.215. The largest absolute Gasteiger partial charge is 0.366 e. The van der Waals surface area contributed by atoms with Gasteiger partial charge in [-0.05, 0) is 55.7 Å². The van der Waals surface area contributed by atoms with E-state index < -0.39 is 0 Å². The van der Waals surface area contributed by atoms with Crippen LogP contribution < -0.4 is 15.8 Å². The second-order valence-electron chi connectivity index (χ2n) is 8.87. The van der Waals surface area contributed by atoms with Gasteiger partial charge in [0.2, 0.25) is 5.91 Å². The van der Waals surface area contributed by atoms with Crippen LogP contribution in [0.1, 0.15) is 18.4 Å². The van der Waals surface area contributed by atoms with Crippen LogP contribution in [0.15, 0.2) is 77.6 Å². The van der Waals surface area contributed by atoms with Crippen LogP contribution in [-0.2, 0) is 4.79 Å². The Balaban J connectivity index is 1.53. The Kier molecular flexibility index (Phi) is 6.12. The van der Waals surface area contributed by atoms with Gasteiger partial charge in [-0.15, -0.1) is 0 Å². The number of H-pyrrole nitrogens is 1. The number of halogens is 1. The second-order valence-corrected chi connectivity index (χ2v) is 9.31. The molecule has 0 unspecified atom stereocenters. The molecule has 2 heterocycles. The maximum absolute atomic E-state index is 13.4. The molecule has 172 valence electrons. The number of amides is 1. The Morgan fingerprint density at radius 3 is 2.59 bits per heavy atom. The number of piperidine rings is 1. The predicted octanol–water partition coefficient (Wildman–Crippen LogP) is 6.01. The Bertz CT molecular complexity index is 1400. The van der Waals surface area contributed by atoms with Crippen LogP contribution >= 0.6 is 11.6 Å². The highest BCUT2D eigenvalue weighted by atomic mass is 35.5. The van der Waals surface area contributed by atoms with Gasteiger partial charge in [0, 0.05) is 40.3 Å². The Hall–Kier alpha value is -3.57. The predicted molar refractivity (Wildman–Crippen MR) is 140 cm³/mol. The first-order chi connectivity index (χ1) is 16.5. The van der Waals surface area contributed by atoms with E-state index in [1.807, 2.05) is 73.7 Å². The van der Waals surface area contributed by atoms with E-state index in [4.69, 9.17) is 11.6 Å². The third-order valence-corrected chi connectivity index (χ3v) is 6.68. The van der Waals surface area contributed by atoms with Crippen LogP contribution in [0.3, 0.4) is 0 Å². The molecular formula is C28H26ClN3O2. The van der Waals surface area contributed by atoms with Gasteiger partial charge < -0.3 is 15.2 Å². The highest BCUT2D eigenvalue weighted by molar-refractivity contribution is 6.31. The van der Waals surface area contributed by atoms with E-state index in [0.717, 1.165) is 46.1 Å². The first-order valence-corrected chi connectivity index (χ1v) is 11.9. The van der Waals surface area contributed by atoms with Crippen molar-refractivity contribution in [2.24, 2.45) is 5.92 Å². The fourth-order valence-corrected chi connectivity index (χ4v) is 4.90. The summed E-state index contributed by atoms with van der Waals surface area (Å²) >= 11 is 6.35. The molecule has 0 spiro atoms. The summed E-state index contributed by atoms with van der Waals surface area (Å²) in [5.74, 6) is -0.233. The van der Waals surface area contributed by atoms with Crippen molar-refractivity contribution < 1.29 is 4.79 Å². The molecule has 3 aromatic carbocycles. The van der Waals surface area contributed by atoms with Crippen molar-refractivity contribution in [3.8, 4) is 11.1 Å². The van der Waals surface area contributed by atoms with E-state index in [-0.39, 0.29) is 17.4 Å². The zero-order valence-corrected chi connectivity index (χ0v) is 19.7. The number of aromatic nitrogens is 1. The first kappa shape index (κ1) is 22.2. The number of hydrogen-bond donors (Lipinski definition) is 2. The summed E-state index contributed by atoms with van der Waals surface area (Å²) in [7, 11) is 0. The van der Waals surface area contributed by atoms with Gasteiger partial charge in [-0.25, -0.2) is 0 Å². The van der Waals surface area contributed by atoms with Gasteiger partial charge in [0.05, 0.1) is 5.92 Å². The fourth-order valence-electron chi connectivity index (χ4n) is 4.73. The summed E-state index contributed by atoms with van der Waals surface area (Å²) in [5, 5.41) is 4.54. The van der Waals surface area contributed by atoms with Crippen LogP contribution in [0.5, 0.6) is 0 Å². The minimum absolute atomic E-state index is 0.0184. The molecule has 1 atom stereocenters. The lowest BCUT2D eigenvalue weighted by atomic mass is 9.93. The number of rotatable bonds is 4. The van der Waals surface area contributed by atoms with Crippen LogP contribution in [0, 0.1) is 12.8 Å². The average Bonchev–Trinajstić information content (AvgIpc) is 2.85. The fraction of sp³-hybridized carbons (Fsp3) is 0.214. The summed E-state index contributed by atoms with van der Waals surface area (Å²) < 4.78 is 0. The highest BCUT2D eigenvalue weighted by Crippen LogP contribution is 2.37. The monoisotopic (exact) mass is 471 g/mol. The smallest absolute Gasteiger partial charge is 0.272 e. The van der Waals surface area contributed by atoms with Crippen molar-refractivity contribution in [3.63, 3.8) is 0 Å². The summed E-state index contributed by atoms with van der Waals surface area (Å²) in [5.41, 5.74) is 4.90. The molecular weight excluding hydrogens is 446 g/mol. The lowest BCUT2D eigenvalue weighted by Crippen LogP contribution is -2.43. The van der Waals surface area contributed by atoms with Gasteiger partial charge in [0.1, 0.15) is 5.69 Å². The number of carbonyl (C=O) groups excluding carboxylic acids is 1. The summed E-state index contributed by atoms with van der Waals surface area (Å²) in [6.07, 6.45) is 1.61. The van der Waals surface area contributed by atoms with E-state index in [1.54, 1.807) is 6.07 Å². The normalized spacial score (nSPS) is 15.9. The van der Waals surface area contributed by atoms with Gasteiger partial charge in [-0.1, -0.05) is 59.6 Å². The zero-order valence-electron chi connectivity index (χ0n) is 19.0. The number of aryl methyl sites for hydroxylation is 1. The number of hydrogen-bond acceptors (Lipinski definition) is 3. The molecule has 0 bridgehead atoms. The van der Waals surface area contributed by atoms with E-state index >= 15 is 0 Å². The Morgan fingerprint density at radius 2 is 1.82 bits per heavy atom. The van der Waals surface area contributed by atoms with Gasteiger partial charge in [0.25, 0.3) is 5.56 Å². The minimum Gasteiger partial charge on any atom is -0.366 e. The van der Waals surface area contributed by atoms with Crippen molar-refractivity contribution in [2.45, 2.75) is 19.8 Å². The van der Waals surface area contributed by atoms with Gasteiger partial charge in [-0.3, -0.25) is 9.59 Å². The molecule has 0 radical (unpaired) electrons. The van der Waals surface area contributed by atoms with Crippen LogP contribution in [0.4, 0.5) is 11.4 Å². The zero-order chi connectivity index (χ0) is 23.7. The van der Waals surface area contributed by atoms with E-state index in [9.17, 15) is 9.59 Å². The molecule has 1 amide bonds. The molecule has 0 saturated carbocycles. The highest BCUT2D eigenvalue weighted by Gasteiger charge is 2.29. The third kappa shape index (κ3) is 4.44.